The number of nitrogens with one attached hydrogen (secondary N) is 1. The summed E-state index contributed by atoms with van der Waals surface area (Å²) in [6.07, 6.45) is 0. The van der Waals surface area contributed by atoms with Gasteiger partial charge in [0.2, 0.25) is 0 Å². The lowest BCUT2D eigenvalue weighted by molar-refractivity contribution is -0.0462. The van der Waals surface area contributed by atoms with Crippen molar-refractivity contribution in [3.8, 4) is 0 Å². The average molecular weight is 247 g/mol. The zero-order chi connectivity index (χ0) is 13.1. The summed E-state index contributed by atoms with van der Waals surface area (Å²) < 4.78 is 38.2. The van der Waals surface area contributed by atoms with E-state index in [2.05, 4.69) is 0 Å². The average Bonchev–Trinajstić information content (AvgIpc) is 2.30. The number of aliphatic hydroxyl groups is 1. The molecular weight excluding hydrogens is 235 g/mol. The molecule has 94 valence electrons. The van der Waals surface area contributed by atoms with Crippen LogP contribution >= 0.6 is 0 Å². The minimum absolute atomic E-state index is 0.0950. The quantitative estimate of drug-likeness (QED) is 0.847. The van der Waals surface area contributed by atoms with Gasteiger partial charge in [0.25, 0.3) is 11.8 Å². The molecule has 0 radical (unpaired) electrons. The SMILES string of the molecule is Cc1cc(C(=O)NCC(F)(F)CO)ccc1F. The maximum absolute atomic E-state index is 12.9. The molecule has 0 heterocycles. The Morgan fingerprint density at radius 1 is 1.47 bits per heavy atom. The molecule has 6 heteroatoms. The number of carbonyl (C=O) groups excluding carboxylic acids is 1. The topological polar surface area (TPSA) is 49.3 Å². The van der Waals surface area contributed by atoms with Crippen molar-refractivity contribution in [2.45, 2.75) is 12.8 Å². The molecule has 17 heavy (non-hydrogen) atoms. The van der Waals surface area contributed by atoms with E-state index in [0.717, 1.165) is 6.07 Å². The molecule has 0 spiro atoms. The number of rotatable bonds is 4. The van der Waals surface area contributed by atoms with E-state index in [1.165, 1.54) is 19.1 Å². The van der Waals surface area contributed by atoms with Gasteiger partial charge in [0.15, 0.2) is 0 Å². The van der Waals surface area contributed by atoms with Crippen molar-refractivity contribution in [3.05, 3.63) is 35.1 Å². The van der Waals surface area contributed by atoms with Crippen molar-refractivity contribution in [1.82, 2.24) is 5.32 Å². The van der Waals surface area contributed by atoms with Crippen LogP contribution in [0.15, 0.2) is 18.2 Å². The molecule has 1 rings (SSSR count). The first-order chi connectivity index (χ1) is 7.85. The minimum atomic E-state index is -3.36. The van der Waals surface area contributed by atoms with E-state index < -0.39 is 30.8 Å². The number of carbonyl (C=O) groups is 1. The van der Waals surface area contributed by atoms with E-state index in [4.69, 9.17) is 5.11 Å². The van der Waals surface area contributed by atoms with Gasteiger partial charge in [-0.15, -0.1) is 0 Å². The first-order valence-electron chi connectivity index (χ1n) is 4.89. The van der Waals surface area contributed by atoms with Crippen molar-refractivity contribution in [2.24, 2.45) is 0 Å². The molecule has 0 aromatic heterocycles. The van der Waals surface area contributed by atoms with Gasteiger partial charge in [-0.05, 0) is 30.7 Å². The predicted octanol–water partition coefficient (Wildman–Crippen LogP) is 1.49. The number of hydrogen-bond acceptors (Lipinski definition) is 2. The molecule has 1 aromatic carbocycles. The van der Waals surface area contributed by atoms with Gasteiger partial charge < -0.3 is 10.4 Å². The first-order valence-corrected chi connectivity index (χ1v) is 4.89. The van der Waals surface area contributed by atoms with Gasteiger partial charge in [0, 0.05) is 5.56 Å². The van der Waals surface area contributed by atoms with Crippen LogP contribution in [0.1, 0.15) is 15.9 Å². The number of halogens is 3. The van der Waals surface area contributed by atoms with Crippen LogP contribution in [-0.4, -0.2) is 30.1 Å². The maximum Gasteiger partial charge on any atom is 0.287 e. The molecule has 0 unspecified atom stereocenters. The van der Waals surface area contributed by atoms with Crippen molar-refractivity contribution >= 4 is 5.91 Å². The highest BCUT2D eigenvalue weighted by molar-refractivity contribution is 5.94. The summed E-state index contributed by atoms with van der Waals surface area (Å²) in [5.74, 6) is -4.56. The van der Waals surface area contributed by atoms with Gasteiger partial charge in [0.1, 0.15) is 12.4 Å². The summed E-state index contributed by atoms with van der Waals surface area (Å²) in [6, 6.07) is 3.56. The third-order valence-electron chi connectivity index (χ3n) is 2.16. The summed E-state index contributed by atoms with van der Waals surface area (Å²) >= 11 is 0. The zero-order valence-electron chi connectivity index (χ0n) is 9.14. The summed E-state index contributed by atoms with van der Waals surface area (Å²) in [6.45, 7) is -0.830. The molecular formula is C11H12F3NO2. The van der Waals surface area contributed by atoms with Gasteiger partial charge in [-0.2, -0.15) is 0 Å². The van der Waals surface area contributed by atoms with Gasteiger partial charge in [-0.3, -0.25) is 4.79 Å². The second-order valence-electron chi connectivity index (χ2n) is 3.66. The first kappa shape index (κ1) is 13.5. The number of amides is 1. The third kappa shape index (κ3) is 3.74. The van der Waals surface area contributed by atoms with Crippen molar-refractivity contribution in [3.63, 3.8) is 0 Å². The molecule has 0 fully saturated rings. The Bertz CT molecular complexity index is 421. The van der Waals surface area contributed by atoms with Crippen molar-refractivity contribution < 1.29 is 23.1 Å². The van der Waals surface area contributed by atoms with E-state index in [9.17, 15) is 18.0 Å². The van der Waals surface area contributed by atoms with E-state index in [0.29, 0.717) is 0 Å². The van der Waals surface area contributed by atoms with E-state index >= 15 is 0 Å². The smallest absolute Gasteiger partial charge is 0.287 e. The molecule has 0 atom stereocenters. The molecule has 0 aliphatic carbocycles. The Balaban J connectivity index is 2.68. The molecule has 0 saturated heterocycles. The maximum atomic E-state index is 12.9. The van der Waals surface area contributed by atoms with E-state index in [1.807, 2.05) is 5.32 Å². The second kappa shape index (κ2) is 5.18. The van der Waals surface area contributed by atoms with Crippen LogP contribution in [0.4, 0.5) is 13.2 Å². The molecule has 0 saturated carbocycles. The fraction of sp³-hybridized carbons (Fsp3) is 0.364. The number of aliphatic hydroxyl groups excluding tert-OH is 1. The van der Waals surface area contributed by atoms with Crippen molar-refractivity contribution in [1.29, 1.82) is 0 Å². The van der Waals surface area contributed by atoms with Gasteiger partial charge in [-0.1, -0.05) is 0 Å². The fourth-order valence-corrected chi connectivity index (χ4v) is 1.15. The van der Waals surface area contributed by atoms with Crippen LogP contribution in [-0.2, 0) is 0 Å². The highest BCUT2D eigenvalue weighted by atomic mass is 19.3. The predicted molar refractivity (Wildman–Crippen MR) is 55.5 cm³/mol. The second-order valence-corrected chi connectivity index (χ2v) is 3.66. The summed E-state index contributed by atoms with van der Waals surface area (Å²) in [5.41, 5.74) is 0.351. The molecule has 2 N–H and O–H groups in total. The number of alkyl halides is 2. The third-order valence-corrected chi connectivity index (χ3v) is 2.16. The van der Waals surface area contributed by atoms with E-state index in [1.54, 1.807) is 0 Å². The lowest BCUT2D eigenvalue weighted by Crippen LogP contribution is -2.39. The Kier molecular flexibility index (Phi) is 4.11. The summed E-state index contributed by atoms with van der Waals surface area (Å²) in [4.78, 5) is 11.4. The van der Waals surface area contributed by atoms with Gasteiger partial charge in [0.05, 0.1) is 6.54 Å². The van der Waals surface area contributed by atoms with Gasteiger partial charge in [-0.25, -0.2) is 13.2 Å². The molecule has 0 aliphatic rings. The number of benzene rings is 1. The lowest BCUT2D eigenvalue weighted by atomic mass is 10.1. The molecule has 0 bridgehead atoms. The number of hydrogen-bond donors (Lipinski definition) is 2. The Hall–Kier alpha value is -1.56. The van der Waals surface area contributed by atoms with Crippen LogP contribution in [0.2, 0.25) is 0 Å². The monoisotopic (exact) mass is 247 g/mol. The molecule has 1 aromatic rings. The normalized spacial score (nSPS) is 11.4. The van der Waals surface area contributed by atoms with Crippen LogP contribution in [0, 0.1) is 12.7 Å². The Morgan fingerprint density at radius 2 is 2.12 bits per heavy atom. The Morgan fingerprint density at radius 3 is 2.65 bits per heavy atom. The fourth-order valence-electron chi connectivity index (χ4n) is 1.15. The summed E-state index contributed by atoms with van der Waals surface area (Å²) in [5, 5.41) is 10.3. The zero-order valence-corrected chi connectivity index (χ0v) is 9.14. The highest BCUT2D eigenvalue weighted by Gasteiger charge is 2.28. The van der Waals surface area contributed by atoms with Crippen LogP contribution in [0.5, 0.6) is 0 Å². The molecule has 1 amide bonds. The molecule has 0 aliphatic heterocycles. The highest BCUT2D eigenvalue weighted by Crippen LogP contribution is 2.12. The standard InChI is InChI=1S/C11H12F3NO2/c1-7-4-8(2-3-9(7)12)10(17)15-5-11(13,14)6-16/h2-4,16H,5-6H2,1H3,(H,15,17). The molecule has 3 nitrogen and oxygen atoms in total. The summed E-state index contributed by atoms with van der Waals surface area (Å²) in [7, 11) is 0. The largest absolute Gasteiger partial charge is 0.390 e. The van der Waals surface area contributed by atoms with Crippen LogP contribution in [0.3, 0.4) is 0 Å². The van der Waals surface area contributed by atoms with Crippen LogP contribution < -0.4 is 5.32 Å². The van der Waals surface area contributed by atoms with Crippen LogP contribution in [0.25, 0.3) is 0 Å². The minimum Gasteiger partial charge on any atom is -0.390 e. The van der Waals surface area contributed by atoms with E-state index in [-0.39, 0.29) is 11.1 Å². The van der Waals surface area contributed by atoms with Gasteiger partial charge >= 0.3 is 0 Å². The Labute approximate surface area is 96.3 Å². The lowest BCUT2D eigenvalue weighted by Gasteiger charge is -2.14. The number of aryl methyl sites for hydroxylation is 1. The van der Waals surface area contributed by atoms with Crippen molar-refractivity contribution in [2.75, 3.05) is 13.2 Å².